The predicted molar refractivity (Wildman–Crippen MR) is 64.9 cm³/mol. The highest BCUT2D eigenvalue weighted by Gasteiger charge is 2.09. The Hall–Kier alpha value is -1.98. The third-order valence-corrected chi connectivity index (χ3v) is 2.40. The third-order valence-electron chi connectivity index (χ3n) is 2.31. The topological polar surface area (TPSA) is 43.1 Å². The van der Waals surface area contributed by atoms with Crippen LogP contribution in [0, 0.1) is 18.6 Å². The number of pyridine rings is 1. The molecule has 0 aromatic carbocycles. The second-order valence-corrected chi connectivity index (χ2v) is 3.77. The van der Waals surface area contributed by atoms with Crippen molar-refractivity contribution in [2.75, 3.05) is 0 Å². The first kappa shape index (κ1) is 12.5. The van der Waals surface area contributed by atoms with Crippen LogP contribution >= 0.6 is 12.2 Å². The smallest absolute Gasteiger partial charge is 0.184 e. The van der Waals surface area contributed by atoms with Crippen LogP contribution in [0.1, 0.15) is 11.4 Å². The van der Waals surface area contributed by atoms with E-state index in [9.17, 15) is 8.78 Å². The molecule has 92 valence electrons. The first-order valence-electron chi connectivity index (χ1n) is 5.02. The second kappa shape index (κ2) is 5.12. The summed E-state index contributed by atoms with van der Waals surface area (Å²) in [4.78, 5) is 7.42. The largest absolute Gasteiger partial charge is 0.262 e. The number of halogens is 2. The van der Waals surface area contributed by atoms with Crippen LogP contribution in [-0.4, -0.2) is 19.9 Å². The van der Waals surface area contributed by atoms with Gasteiger partial charge in [0.15, 0.2) is 5.82 Å². The number of thiocarbonyl (C=S) groups is 1. The number of isothiocyanates is 1. The minimum atomic E-state index is -0.709. The molecule has 0 N–H and O–H groups in total. The van der Waals surface area contributed by atoms with Crippen molar-refractivity contribution in [2.45, 2.75) is 13.5 Å². The van der Waals surface area contributed by atoms with E-state index in [4.69, 9.17) is 0 Å². The molecule has 0 spiro atoms. The van der Waals surface area contributed by atoms with E-state index < -0.39 is 11.6 Å². The Morgan fingerprint density at radius 2 is 2.22 bits per heavy atom. The zero-order chi connectivity index (χ0) is 13.1. The van der Waals surface area contributed by atoms with E-state index in [-0.39, 0.29) is 12.2 Å². The van der Waals surface area contributed by atoms with Crippen molar-refractivity contribution < 1.29 is 8.78 Å². The van der Waals surface area contributed by atoms with Crippen LogP contribution in [0.5, 0.6) is 0 Å². The van der Waals surface area contributed by atoms with Crippen LogP contribution in [0.25, 0.3) is 0 Å². The van der Waals surface area contributed by atoms with Crippen molar-refractivity contribution in [1.29, 1.82) is 0 Å². The van der Waals surface area contributed by atoms with E-state index in [1.165, 1.54) is 4.68 Å². The van der Waals surface area contributed by atoms with Gasteiger partial charge in [0.2, 0.25) is 0 Å². The molecule has 4 nitrogen and oxygen atoms in total. The lowest BCUT2D eigenvalue weighted by molar-refractivity contribution is 0.539. The summed E-state index contributed by atoms with van der Waals surface area (Å²) in [5.41, 5.74) is 0.880. The lowest BCUT2D eigenvalue weighted by Gasteiger charge is -2.04. The first-order valence-corrected chi connectivity index (χ1v) is 5.43. The molecule has 0 atom stereocenters. The van der Waals surface area contributed by atoms with Crippen LogP contribution in [0.15, 0.2) is 23.3 Å². The second-order valence-electron chi connectivity index (χ2n) is 3.59. The Kier molecular flexibility index (Phi) is 3.55. The van der Waals surface area contributed by atoms with E-state index in [2.05, 4.69) is 32.5 Å². The van der Waals surface area contributed by atoms with Crippen LogP contribution in [-0.2, 0) is 6.54 Å². The summed E-state index contributed by atoms with van der Waals surface area (Å²) in [6, 6.07) is 2.47. The number of aromatic nitrogens is 3. The maximum atomic E-state index is 13.4. The fraction of sp³-hybridized carbons (Fsp3) is 0.182. The molecule has 7 heteroatoms. The summed E-state index contributed by atoms with van der Waals surface area (Å²) in [5, 5.41) is 6.28. The van der Waals surface area contributed by atoms with Gasteiger partial charge >= 0.3 is 0 Å². The van der Waals surface area contributed by atoms with Gasteiger partial charge in [-0.1, -0.05) is 0 Å². The SMILES string of the molecule is Cc1cc(N=C=S)nn1Cc1ncc(F)cc1F. The summed E-state index contributed by atoms with van der Waals surface area (Å²) < 4.78 is 27.6. The number of hydrogen-bond acceptors (Lipinski definition) is 4. The highest BCUT2D eigenvalue weighted by molar-refractivity contribution is 7.78. The Balaban J connectivity index is 2.30. The van der Waals surface area contributed by atoms with Crippen molar-refractivity contribution in [1.82, 2.24) is 14.8 Å². The molecule has 0 saturated heterocycles. The van der Waals surface area contributed by atoms with Crippen LogP contribution in [0.2, 0.25) is 0 Å². The fourth-order valence-electron chi connectivity index (χ4n) is 1.46. The Morgan fingerprint density at radius 3 is 2.89 bits per heavy atom. The summed E-state index contributed by atoms with van der Waals surface area (Å²) in [7, 11) is 0. The molecule has 18 heavy (non-hydrogen) atoms. The highest BCUT2D eigenvalue weighted by Crippen LogP contribution is 2.14. The van der Waals surface area contributed by atoms with E-state index >= 15 is 0 Å². The fourth-order valence-corrected chi connectivity index (χ4v) is 1.55. The molecule has 2 aromatic rings. The van der Waals surface area contributed by atoms with Gasteiger partial charge in [-0.2, -0.15) is 10.1 Å². The van der Waals surface area contributed by atoms with Crippen LogP contribution < -0.4 is 0 Å². The molecule has 0 radical (unpaired) electrons. The van der Waals surface area contributed by atoms with Gasteiger partial charge in [-0.25, -0.2) is 8.78 Å². The normalized spacial score (nSPS) is 10.2. The van der Waals surface area contributed by atoms with Gasteiger partial charge in [0.25, 0.3) is 0 Å². The number of aryl methyl sites for hydroxylation is 1. The minimum Gasteiger partial charge on any atom is -0.262 e. The lowest BCUT2D eigenvalue weighted by atomic mass is 10.3. The molecule has 0 fully saturated rings. The van der Waals surface area contributed by atoms with E-state index in [0.717, 1.165) is 18.0 Å². The molecule has 0 unspecified atom stereocenters. The van der Waals surface area contributed by atoms with Crippen molar-refractivity contribution in [2.24, 2.45) is 4.99 Å². The van der Waals surface area contributed by atoms with Gasteiger partial charge in [0.05, 0.1) is 23.6 Å². The van der Waals surface area contributed by atoms with E-state index in [1.807, 2.05) is 0 Å². The highest BCUT2D eigenvalue weighted by atomic mass is 32.1. The number of nitrogens with zero attached hydrogens (tertiary/aromatic N) is 4. The molecule has 0 aliphatic carbocycles. The zero-order valence-electron chi connectivity index (χ0n) is 9.39. The summed E-state index contributed by atoms with van der Waals surface area (Å²) in [6.07, 6.45) is 0.966. The molecule has 0 aliphatic heterocycles. The molecular weight excluding hydrogens is 258 g/mol. The molecule has 2 aromatic heterocycles. The Labute approximate surface area is 107 Å². The molecule has 0 saturated carbocycles. The summed E-state index contributed by atoms with van der Waals surface area (Å²) in [6.45, 7) is 1.89. The van der Waals surface area contributed by atoms with E-state index in [0.29, 0.717) is 5.82 Å². The lowest BCUT2D eigenvalue weighted by Crippen LogP contribution is -2.07. The van der Waals surface area contributed by atoms with Crippen LogP contribution in [0.4, 0.5) is 14.6 Å². The molecule has 0 aliphatic rings. The maximum absolute atomic E-state index is 13.4. The van der Waals surface area contributed by atoms with Gasteiger partial charge in [0.1, 0.15) is 11.6 Å². The minimum absolute atomic E-state index is 0.102. The van der Waals surface area contributed by atoms with Crippen molar-refractivity contribution in [3.63, 3.8) is 0 Å². The average Bonchev–Trinajstić information content (AvgIpc) is 2.64. The molecule has 0 amide bonds. The number of aliphatic imine (C=N–C) groups is 1. The third kappa shape index (κ3) is 2.64. The van der Waals surface area contributed by atoms with Gasteiger partial charge in [-0.05, 0) is 19.1 Å². The van der Waals surface area contributed by atoms with Crippen molar-refractivity contribution in [3.05, 3.63) is 41.4 Å². The Bertz CT molecular complexity index is 632. The van der Waals surface area contributed by atoms with Crippen LogP contribution in [0.3, 0.4) is 0 Å². The first-order chi connectivity index (χ1) is 8.60. The monoisotopic (exact) mass is 266 g/mol. The average molecular weight is 266 g/mol. The Morgan fingerprint density at radius 1 is 1.44 bits per heavy atom. The summed E-state index contributed by atoms with van der Waals surface area (Å²) >= 11 is 4.47. The van der Waals surface area contributed by atoms with Crippen molar-refractivity contribution >= 4 is 23.2 Å². The molecule has 2 rings (SSSR count). The number of hydrogen-bond donors (Lipinski definition) is 0. The summed E-state index contributed by atoms with van der Waals surface area (Å²) in [5.74, 6) is -1.02. The zero-order valence-corrected chi connectivity index (χ0v) is 10.2. The van der Waals surface area contributed by atoms with Gasteiger partial charge in [0, 0.05) is 17.8 Å². The quantitative estimate of drug-likeness (QED) is 0.633. The van der Waals surface area contributed by atoms with E-state index in [1.54, 1.807) is 13.0 Å². The predicted octanol–water partition coefficient (Wildman–Crippen LogP) is 2.65. The molecule has 0 bridgehead atoms. The van der Waals surface area contributed by atoms with Gasteiger partial charge in [-0.15, -0.1) is 0 Å². The maximum Gasteiger partial charge on any atom is 0.184 e. The standard InChI is InChI=1S/C11H8F2N4S/c1-7-2-11(15-6-18)16-17(7)5-10-9(13)3-8(12)4-14-10/h2-4H,5H2,1H3. The van der Waals surface area contributed by atoms with Crippen molar-refractivity contribution in [3.8, 4) is 0 Å². The number of rotatable bonds is 3. The molecular formula is C11H8F2N4S. The molecule has 2 heterocycles. The van der Waals surface area contributed by atoms with Gasteiger partial charge < -0.3 is 0 Å². The van der Waals surface area contributed by atoms with Gasteiger partial charge in [-0.3, -0.25) is 9.67 Å².